The highest BCUT2D eigenvalue weighted by Gasteiger charge is 2.08. The Labute approximate surface area is 83.3 Å². The normalized spacial score (nSPS) is 10.4. The standard InChI is InChI=1S/C9H6N2O4/c12-9(13)8-4-5-3-6(11(14)15)1-2-7(5)10-8/h1-4,10H,(H,12,13)/p-1. The van der Waals surface area contributed by atoms with Crippen LogP contribution in [0, 0.1) is 10.1 Å². The van der Waals surface area contributed by atoms with E-state index in [0.717, 1.165) is 0 Å². The van der Waals surface area contributed by atoms with Crippen molar-refractivity contribution in [1.29, 1.82) is 0 Å². The van der Waals surface area contributed by atoms with Gasteiger partial charge in [0, 0.05) is 23.0 Å². The molecule has 0 saturated carbocycles. The first-order valence-electron chi connectivity index (χ1n) is 4.06. The summed E-state index contributed by atoms with van der Waals surface area (Å²) in [6, 6.07) is 5.37. The summed E-state index contributed by atoms with van der Waals surface area (Å²) in [7, 11) is 0. The molecule has 0 amide bonds. The molecule has 0 aliphatic rings. The summed E-state index contributed by atoms with van der Waals surface area (Å²) >= 11 is 0. The molecule has 1 N–H and O–H groups in total. The molecular weight excluding hydrogens is 200 g/mol. The highest BCUT2D eigenvalue weighted by molar-refractivity contribution is 5.93. The zero-order valence-corrected chi connectivity index (χ0v) is 7.39. The summed E-state index contributed by atoms with van der Waals surface area (Å²) in [5.41, 5.74) is 0.358. The third-order valence-corrected chi connectivity index (χ3v) is 2.04. The molecular formula is C9H5N2O4-. The predicted octanol–water partition coefficient (Wildman–Crippen LogP) is 0.440. The predicted molar refractivity (Wildman–Crippen MR) is 49.3 cm³/mol. The first kappa shape index (κ1) is 9.20. The maximum atomic E-state index is 10.5. The molecule has 1 heterocycles. The van der Waals surface area contributed by atoms with Crippen molar-refractivity contribution >= 4 is 22.6 Å². The Balaban J connectivity index is 2.62. The lowest BCUT2D eigenvalue weighted by molar-refractivity contribution is -0.384. The molecule has 6 heteroatoms. The Hall–Kier alpha value is -2.37. The maximum absolute atomic E-state index is 10.5. The summed E-state index contributed by atoms with van der Waals surface area (Å²) in [6.45, 7) is 0. The van der Waals surface area contributed by atoms with Gasteiger partial charge in [0.15, 0.2) is 0 Å². The van der Waals surface area contributed by atoms with Crippen molar-refractivity contribution in [2.75, 3.05) is 0 Å². The number of carboxylic acids is 1. The van der Waals surface area contributed by atoms with Gasteiger partial charge in [0.05, 0.1) is 16.6 Å². The summed E-state index contributed by atoms with van der Waals surface area (Å²) in [6.07, 6.45) is 0. The third-order valence-electron chi connectivity index (χ3n) is 2.04. The number of non-ortho nitro benzene ring substituents is 1. The van der Waals surface area contributed by atoms with E-state index in [1.54, 1.807) is 0 Å². The van der Waals surface area contributed by atoms with Gasteiger partial charge in [0.1, 0.15) is 0 Å². The average Bonchev–Trinajstić information content (AvgIpc) is 2.59. The Morgan fingerprint density at radius 2 is 2.07 bits per heavy atom. The fourth-order valence-electron chi connectivity index (χ4n) is 1.34. The van der Waals surface area contributed by atoms with Gasteiger partial charge in [0.25, 0.3) is 5.69 Å². The number of benzene rings is 1. The fourth-order valence-corrected chi connectivity index (χ4v) is 1.34. The van der Waals surface area contributed by atoms with Crippen LogP contribution in [0.3, 0.4) is 0 Å². The number of aromatic amines is 1. The van der Waals surface area contributed by atoms with E-state index in [4.69, 9.17) is 0 Å². The second kappa shape index (κ2) is 3.09. The zero-order chi connectivity index (χ0) is 11.0. The number of carbonyl (C=O) groups is 1. The van der Waals surface area contributed by atoms with E-state index in [-0.39, 0.29) is 11.4 Å². The smallest absolute Gasteiger partial charge is 0.270 e. The van der Waals surface area contributed by atoms with E-state index in [0.29, 0.717) is 10.9 Å². The van der Waals surface area contributed by atoms with Crippen molar-refractivity contribution in [3.05, 3.63) is 40.1 Å². The van der Waals surface area contributed by atoms with E-state index < -0.39 is 10.9 Å². The SMILES string of the molecule is O=C([O-])c1cc2cc([N+](=O)[O-])ccc2[nH]1. The summed E-state index contributed by atoms with van der Waals surface area (Å²) < 4.78 is 0. The number of nitrogens with one attached hydrogen (secondary N) is 1. The van der Waals surface area contributed by atoms with Crippen molar-refractivity contribution in [3.8, 4) is 0 Å². The molecule has 2 rings (SSSR count). The van der Waals surface area contributed by atoms with E-state index in [2.05, 4.69) is 4.98 Å². The van der Waals surface area contributed by atoms with Crippen LogP contribution in [0.4, 0.5) is 5.69 Å². The number of nitrogens with zero attached hydrogens (tertiary/aromatic N) is 1. The molecule has 0 bridgehead atoms. The molecule has 0 radical (unpaired) electrons. The lowest BCUT2D eigenvalue weighted by atomic mass is 10.2. The third kappa shape index (κ3) is 1.52. The number of carboxylic acid groups (broad SMARTS) is 1. The van der Waals surface area contributed by atoms with E-state index in [9.17, 15) is 20.0 Å². The van der Waals surface area contributed by atoms with Crippen LogP contribution in [0.2, 0.25) is 0 Å². The molecule has 0 atom stereocenters. The molecule has 0 unspecified atom stereocenters. The average molecular weight is 205 g/mol. The van der Waals surface area contributed by atoms with Crippen molar-refractivity contribution < 1.29 is 14.8 Å². The van der Waals surface area contributed by atoms with E-state index in [1.807, 2.05) is 0 Å². The number of rotatable bonds is 2. The highest BCUT2D eigenvalue weighted by atomic mass is 16.6. The van der Waals surface area contributed by atoms with Gasteiger partial charge in [-0.15, -0.1) is 0 Å². The molecule has 2 aromatic rings. The van der Waals surface area contributed by atoms with Gasteiger partial charge in [0.2, 0.25) is 0 Å². The van der Waals surface area contributed by atoms with Crippen LogP contribution in [-0.4, -0.2) is 15.9 Å². The quantitative estimate of drug-likeness (QED) is 0.567. The molecule has 0 spiro atoms. The molecule has 6 nitrogen and oxygen atoms in total. The van der Waals surface area contributed by atoms with Gasteiger partial charge < -0.3 is 14.9 Å². The topological polar surface area (TPSA) is 99.1 Å². The minimum atomic E-state index is -1.34. The number of aromatic carboxylic acids is 1. The van der Waals surface area contributed by atoms with Gasteiger partial charge >= 0.3 is 0 Å². The molecule has 0 aliphatic carbocycles. The van der Waals surface area contributed by atoms with Gasteiger partial charge in [-0.2, -0.15) is 0 Å². The lowest BCUT2D eigenvalue weighted by Gasteiger charge is -1.93. The molecule has 15 heavy (non-hydrogen) atoms. The van der Waals surface area contributed by atoms with Crippen LogP contribution >= 0.6 is 0 Å². The molecule has 0 aliphatic heterocycles. The number of carbonyl (C=O) groups excluding carboxylic acids is 1. The van der Waals surface area contributed by atoms with Gasteiger partial charge in [-0.05, 0) is 12.1 Å². The lowest BCUT2D eigenvalue weighted by Crippen LogP contribution is -2.22. The Bertz CT molecular complexity index is 546. The van der Waals surface area contributed by atoms with Crippen molar-refractivity contribution in [3.63, 3.8) is 0 Å². The van der Waals surface area contributed by atoms with Crippen LogP contribution in [-0.2, 0) is 0 Å². The van der Waals surface area contributed by atoms with E-state index >= 15 is 0 Å². The monoisotopic (exact) mass is 205 g/mol. The highest BCUT2D eigenvalue weighted by Crippen LogP contribution is 2.21. The molecule has 1 aromatic carbocycles. The largest absolute Gasteiger partial charge is 0.543 e. The molecule has 0 fully saturated rings. The summed E-state index contributed by atoms with van der Waals surface area (Å²) in [5.74, 6) is -1.34. The minimum absolute atomic E-state index is 0.0774. The second-order valence-electron chi connectivity index (χ2n) is 3.00. The van der Waals surface area contributed by atoms with Crippen LogP contribution in [0.5, 0.6) is 0 Å². The van der Waals surface area contributed by atoms with Crippen LogP contribution in [0.1, 0.15) is 10.5 Å². The number of fused-ring (bicyclic) bond motifs is 1. The molecule has 1 aromatic heterocycles. The van der Waals surface area contributed by atoms with Crippen LogP contribution < -0.4 is 5.11 Å². The van der Waals surface area contributed by atoms with Crippen LogP contribution in [0.15, 0.2) is 24.3 Å². The Morgan fingerprint density at radius 1 is 1.33 bits per heavy atom. The first-order chi connectivity index (χ1) is 7.08. The van der Waals surface area contributed by atoms with Crippen molar-refractivity contribution in [1.82, 2.24) is 4.98 Å². The maximum Gasteiger partial charge on any atom is 0.270 e. The van der Waals surface area contributed by atoms with E-state index in [1.165, 1.54) is 24.3 Å². The minimum Gasteiger partial charge on any atom is -0.543 e. The zero-order valence-electron chi connectivity index (χ0n) is 7.39. The number of H-pyrrole nitrogens is 1. The molecule has 76 valence electrons. The van der Waals surface area contributed by atoms with Gasteiger partial charge in [-0.1, -0.05) is 0 Å². The number of aromatic nitrogens is 1. The van der Waals surface area contributed by atoms with Gasteiger partial charge in [-0.3, -0.25) is 10.1 Å². The van der Waals surface area contributed by atoms with Crippen molar-refractivity contribution in [2.24, 2.45) is 0 Å². The fraction of sp³-hybridized carbons (Fsp3) is 0. The number of nitro benzene ring substituents is 1. The Morgan fingerprint density at radius 3 is 2.67 bits per heavy atom. The second-order valence-corrected chi connectivity index (χ2v) is 3.00. The van der Waals surface area contributed by atoms with Gasteiger partial charge in [-0.25, -0.2) is 0 Å². The van der Waals surface area contributed by atoms with Crippen molar-refractivity contribution in [2.45, 2.75) is 0 Å². The Kier molecular flexibility index (Phi) is 1.89. The number of hydrogen-bond donors (Lipinski definition) is 1. The number of hydrogen-bond acceptors (Lipinski definition) is 4. The summed E-state index contributed by atoms with van der Waals surface area (Å²) in [4.78, 5) is 23.0. The molecule has 0 saturated heterocycles. The van der Waals surface area contributed by atoms with Crippen LogP contribution in [0.25, 0.3) is 10.9 Å². The number of nitro groups is 1. The first-order valence-corrected chi connectivity index (χ1v) is 4.06. The summed E-state index contributed by atoms with van der Waals surface area (Å²) in [5, 5.41) is 21.4.